The molecule has 6 nitrogen and oxygen atoms in total. The lowest BCUT2D eigenvalue weighted by atomic mass is 10.1. The number of pyridine rings is 1. The molecule has 29 heavy (non-hydrogen) atoms. The van der Waals surface area contributed by atoms with E-state index in [4.69, 9.17) is 10.7 Å². The van der Waals surface area contributed by atoms with Gasteiger partial charge in [0.2, 0.25) is 0 Å². The first-order valence-electron chi connectivity index (χ1n) is 9.51. The van der Waals surface area contributed by atoms with Gasteiger partial charge in [-0.3, -0.25) is 4.21 Å². The van der Waals surface area contributed by atoms with Crippen LogP contribution in [0.15, 0.2) is 28.0 Å². The Balaban J connectivity index is 1.91. The summed E-state index contributed by atoms with van der Waals surface area (Å²) in [5.41, 5.74) is 9.83. The van der Waals surface area contributed by atoms with Gasteiger partial charge in [-0.25, -0.2) is 15.0 Å². The molecule has 0 saturated carbocycles. The summed E-state index contributed by atoms with van der Waals surface area (Å²) in [6, 6.07) is 2.02. The van der Waals surface area contributed by atoms with E-state index in [1.54, 1.807) is 17.5 Å². The maximum absolute atomic E-state index is 12.9. The standard InChI is InChI=1S/C20H23N5OS3/c1-4-5-6-9-29(26)20-17(21)16-13(15-11-23-12(2)25(15)3)10-14(24-19(16)28-20)18-22-7-8-27-18/h7-8,10-11H,4-6,9,21H2,1-3H3. The number of nitrogen functional groups attached to an aromatic ring is 1. The number of thiazole rings is 1. The van der Waals surface area contributed by atoms with Gasteiger partial charge < -0.3 is 10.3 Å². The second kappa shape index (κ2) is 8.33. The minimum absolute atomic E-state index is 0.576. The zero-order valence-electron chi connectivity index (χ0n) is 16.6. The van der Waals surface area contributed by atoms with Crippen molar-refractivity contribution in [2.75, 3.05) is 11.5 Å². The number of nitrogens with two attached hydrogens (primary N) is 1. The fourth-order valence-corrected chi connectivity index (χ4v) is 6.57. The van der Waals surface area contributed by atoms with Crippen molar-refractivity contribution >= 4 is 49.4 Å². The molecular weight excluding hydrogens is 422 g/mol. The van der Waals surface area contributed by atoms with Gasteiger partial charge in [-0.05, 0) is 19.4 Å². The first-order chi connectivity index (χ1) is 14.0. The van der Waals surface area contributed by atoms with Gasteiger partial charge in [-0.1, -0.05) is 19.8 Å². The third-order valence-electron chi connectivity index (χ3n) is 4.95. The number of anilines is 1. The Hall–Kier alpha value is -2.10. The van der Waals surface area contributed by atoms with Gasteiger partial charge in [-0.2, -0.15) is 0 Å². The van der Waals surface area contributed by atoms with Gasteiger partial charge >= 0.3 is 0 Å². The van der Waals surface area contributed by atoms with Crippen molar-refractivity contribution in [3.8, 4) is 22.0 Å². The first-order valence-corrected chi connectivity index (χ1v) is 12.5. The van der Waals surface area contributed by atoms with Crippen LogP contribution in [0.1, 0.15) is 32.0 Å². The number of rotatable bonds is 7. The van der Waals surface area contributed by atoms with Crippen molar-refractivity contribution < 1.29 is 4.21 Å². The lowest BCUT2D eigenvalue weighted by molar-refractivity contribution is 0.678. The number of aromatic nitrogens is 4. The molecular formula is C20H23N5OS3. The molecule has 1 unspecified atom stereocenters. The summed E-state index contributed by atoms with van der Waals surface area (Å²) in [6.07, 6.45) is 6.73. The van der Waals surface area contributed by atoms with E-state index in [1.165, 1.54) is 11.3 Å². The number of fused-ring (bicyclic) bond motifs is 1. The highest BCUT2D eigenvalue weighted by molar-refractivity contribution is 7.87. The molecule has 0 aromatic carbocycles. The Morgan fingerprint density at radius 2 is 2.10 bits per heavy atom. The molecule has 0 aliphatic carbocycles. The lowest BCUT2D eigenvalue weighted by Crippen LogP contribution is -2.00. The van der Waals surface area contributed by atoms with Crippen LogP contribution < -0.4 is 5.73 Å². The summed E-state index contributed by atoms with van der Waals surface area (Å²) in [6.45, 7) is 4.11. The summed E-state index contributed by atoms with van der Waals surface area (Å²) in [5.74, 6) is 1.54. The second-order valence-corrected chi connectivity index (χ2v) is 10.5. The Labute approximate surface area is 180 Å². The van der Waals surface area contributed by atoms with Crippen LogP contribution in [0.4, 0.5) is 5.69 Å². The smallest absolute Gasteiger partial charge is 0.141 e. The summed E-state index contributed by atoms with van der Waals surface area (Å²) in [4.78, 5) is 14.5. The maximum Gasteiger partial charge on any atom is 0.141 e. The molecule has 1 atom stereocenters. The quantitative estimate of drug-likeness (QED) is 0.404. The van der Waals surface area contributed by atoms with Crippen molar-refractivity contribution in [1.29, 1.82) is 0 Å². The molecule has 2 N–H and O–H groups in total. The fraction of sp³-hybridized carbons (Fsp3) is 0.350. The van der Waals surface area contributed by atoms with Gasteiger partial charge in [0.1, 0.15) is 25.6 Å². The van der Waals surface area contributed by atoms with E-state index in [2.05, 4.69) is 16.9 Å². The molecule has 4 aromatic heterocycles. The average molecular weight is 446 g/mol. The predicted molar refractivity (Wildman–Crippen MR) is 123 cm³/mol. The summed E-state index contributed by atoms with van der Waals surface area (Å²) < 4.78 is 15.7. The monoisotopic (exact) mass is 445 g/mol. The first kappa shape index (κ1) is 20.2. The van der Waals surface area contributed by atoms with Crippen LogP contribution in [0.25, 0.3) is 32.2 Å². The Morgan fingerprint density at radius 1 is 1.28 bits per heavy atom. The number of aryl methyl sites for hydroxylation is 1. The molecule has 0 fully saturated rings. The van der Waals surface area contributed by atoms with E-state index < -0.39 is 10.8 Å². The van der Waals surface area contributed by atoms with E-state index in [-0.39, 0.29) is 0 Å². The largest absolute Gasteiger partial charge is 0.396 e. The molecule has 0 spiro atoms. The van der Waals surface area contributed by atoms with E-state index in [1.807, 2.05) is 36.2 Å². The number of unbranched alkanes of at least 4 members (excludes halogenated alkanes) is 2. The minimum Gasteiger partial charge on any atom is -0.396 e. The molecule has 0 aliphatic rings. The zero-order chi connectivity index (χ0) is 20.5. The SMILES string of the molecule is CCCCCS(=O)c1sc2nc(-c3nccs3)cc(-c3cnc(C)n3C)c2c1N. The number of nitrogens with zero attached hydrogens (tertiary/aromatic N) is 4. The normalized spacial score (nSPS) is 12.7. The van der Waals surface area contributed by atoms with Crippen molar-refractivity contribution in [3.05, 3.63) is 29.7 Å². The molecule has 152 valence electrons. The van der Waals surface area contributed by atoms with E-state index >= 15 is 0 Å². The molecule has 0 amide bonds. The lowest BCUT2D eigenvalue weighted by Gasteiger charge is -2.08. The zero-order valence-corrected chi connectivity index (χ0v) is 19.1. The van der Waals surface area contributed by atoms with Gasteiger partial charge in [0.25, 0.3) is 0 Å². The van der Waals surface area contributed by atoms with Crippen LogP contribution >= 0.6 is 22.7 Å². The second-order valence-electron chi connectivity index (χ2n) is 6.88. The van der Waals surface area contributed by atoms with Crippen LogP contribution in [-0.2, 0) is 17.8 Å². The molecule has 4 aromatic rings. The highest BCUT2D eigenvalue weighted by Gasteiger charge is 2.22. The van der Waals surface area contributed by atoms with Crippen molar-refractivity contribution in [2.24, 2.45) is 7.05 Å². The predicted octanol–water partition coefficient (Wildman–Crippen LogP) is 5.01. The Morgan fingerprint density at radius 3 is 2.76 bits per heavy atom. The van der Waals surface area contributed by atoms with Gasteiger partial charge in [0.15, 0.2) is 0 Å². The third kappa shape index (κ3) is 3.74. The summed E-state index contributed by atoms with van der Waals surface area (Å²) >= 11 is 2.98. The molecule has 9 heteroatoms. The third-order valence-corrected chi connectivity index (χ3v) is 8.74. The highest BCUT2D eigenvalue weighted by Crippen LogP contribution is 2.43. The van der Waals surface area contributed by atoms with Gasteiger partial charge in [0, 0.05) is 35.3 Å². The molecule has 4 rings (SSSR count). The van der Waals surface area contributed by atoms with Crippen molar-refractivity contribution in [2.45, 2.75) is 37.3 Å². The molecule has 0 aliphatic heterocycles. The van der Waals surface area contributed by atoms with Crippen LogP contribution in [-0.4, -0.2) is 29.5 Å². The van der Waals surface area contributed by atoms with Crippen LogP contribution in [0.5, 0.6) is 0 Å². The number of thiophene rings is 1. The Kier molecular flexibility index (Phi) is 5.80. The Bertz CT molecular complexity index is 1180. The highest BCUT2D eigenvalue weighted by atomic mass is 32.2. The fourth-order valence-electron chi connectivity index (χ4n) is 3.26. The maximum atomic E-state index is 12.9. The molecule has 0 radical (unpaired) electrons. The molecule has 0 bridgehead atoms. The van der Waals surface area contributed by atoms with E-state index in [0.29, 0.717) is 11.4 Å². The average Bonchev–Trinajstić information content (AvgIpc) is 3.43. The van der Waals surface area contributed by atoms with Crippen LogP contribution in [0.3, 0.4) is 0 Å². The molecule has 0 saturated heterocycles. The van der Waals surface area contributed by atoms with Crippen LogP contribution in [0, 0.1) is 6.92 Å². The van der Waals surface area contributed by atoms with E-state index in [0.717, 1.165) is 61.5 Å². The number of imidazole rings is 1. The van der Waals surface area contributed by atoms with Crippen molar-refractivity contribution in [1.82, 2.24) is 19.5 Å². The van der Waals surface area contributed by atoms with Gasteiger partial charge in [0.05, 0.1) is 28.4 Å². The van der Waals surface area contributed by atoms with Gasteiger partial charge in [-0.15, -0.1) is 22.7 Å². The van der Waals surface area contributed by atoms with Crippen LogP contribution in [0.2, 0.25) is 0 Å². The summed E-state index contributed by atoms with van der Waals surface area (Å²) in [5, 5.41) is 3.65. The summed E-state index contributed by atoms with van der Waals surface area (Å²) in [7, 11) is 0.866. The minimum atomic E-state index is -1.12. The van der Waals surface area contributed by atoms with E-state index in [9.17, 15) is 4.21 Å². The molecule has 4 heterocycles. The number of hydrogen-bond donors (Lipinski definition) is 1. The topological polar surface area (TPSA) is 86.7 Å². The number of hydrogen-bond acceptors (Lipinski definition) is 7. The van der Waals surface area contributed by atoms with Crippen molar-refractivity contribution in [3.63, 3.8) is 0 Å².